The Kier molecular flexibility index (Phi) is 5.79. The molecule has 3 N–H and O–H groups in total. The smallest absolute Gasteiger partial charge is 0.224 e. The predicted molar refractivity (Wildman–Crippen MR) is 76.7 cm³/mol. The van der Waals surface area contributed by atoms with Crippen LogP contribution in [0.3, 0.4) is 0 Å². The molecule has 0 saturated carbocycles. The van der Waals surface area contributed by atoms with Gasteiger partial charge in [-0.2, -0.15) is 0 Å². The number of halogens is 3. The minimum atomic E-state index is -1.23. The molecule has 0 aliphatic carbocycles. The minimum Gasteiger partial charge on any atom is -0.341 e. The quantitative estimate of drug-likeness (QED) is 0.821. The van der Waals surface area contributed by atoms with Gasteiger partial charge in [-0.3, -0.25) is 4.79 Å². The molecule has 1 amide bonds. The van der Waals surface area contributed by atoms with Crippen LogP contribution in [0.5, 0.6) is 0 Å². The van der Waals surface area contributed by atoms with Crippen LogP contribution >= 0.6 is 0 Å². The maximum Gasteiger partial charge on any atom is 0.224 e. The number of hydrogen-bond acceptors (Lipinski definition) is 3. The van der Waals surface area contributed by atoms with E-state index in [1.165, 1.54) is 0 Å². The lowest BCUT2D eigenvalue weighted by atomic mass is 10.0. The average Bonchev–Trinajstić information content (AvgIpc) is 2.73. The summed E-state index contributed by atoms with van der Waals surface area (Å²) in [6, 6.07) is 0.660. The second-order valence-corrected chi connectivity index (χ2v) is 5.51. The van der Waals surface area contributed by atoms with Crippen LogP contribution < -0.4 is 11.1 Å². The van der Waals surface area contributed by atoms with Gasteiger partial charge in [-0.15, -0.1) is 0 Å². The van der Waals surface area contributed by atoms with Gasteiger partial charge in [0.05, 0.1) is 0 Å². The van der Waals surface area contributed by atoms with Gasteiger partial charge in [0.2, 0.25) is 5.91 Å². The molecule has 1 aliphatic heterocycles. The van der Waals surface area contributed by atoms with Crippen molar-refractivity contribution in [3.8, 4) is 0 Å². The third-order valence-electron chi connectivity index (χ3n) is 3.70. The maximum atomic E-state index is 13.6. The van der Waals surface area contributed by atoms with E-state index in [2.05, 4.69) is 5.32 Å². The van der Waals surface area contributed by atoms with Gasteiger partial charge in [0.1, 0.15) is 5.82 Å². The van der Waals surface area contributed by atoms with Crippen molar-refractivity contribution in [3.63, 3.8) is 0 Å². The van der Waals surface area contributed by atoms with Gasteiger partial charge in [0, 0.05) is 38.2 Å². The third-order valence-corrected chi connectivity index (χ3v) is 3.70. The molecule has 1 saturated heterocycles. The maximum absolute atomic E-state index is 13.6. The third kappa shape index (κ3) is 4.45. The normalized spacial score (nSPS) is 17.2. The van der Waals surface area contributed by atoms with E-state index in [9.17, 15) is 18.0 Å². The number of carbonyl (C=O) groups is 1. The number of nitrogens with two attached hydrogens (primary N) is 1. The van der Waals surface area contributed by atoms with Crippen LogP contribution in [0.2, 0.25) is 0 Å². The molecule has 4 nitrogen and oxygen atoms in total. The van der Waals surface area contributed by atoms with Gasteiger partial charge in [0.15, 0.2) is 11.6 Å². The fraction of sp³-hybridized carbons (Fsp3) is 0.533. The molecule has 1 fully saturated rings. The zero-order valence-electron chi connectivity index (χ0n) is 12.2. The van der Waals surface area contributed by atoms with Crippen molar-refractivity contribution in [1.82, 2.24) is 10.2 Å². The second kappa shape index (κ2) is 7.60. The molecule has 1 aromatic rings. The van der Waals surface area contributed by atoms with Gasteiger partial charge in [-0.25, -0.2) is 13.2 Å². The summed E-state index contributed by atoms with van der Waals surface area (Å²) in [5, 5.41) is 3.19. The molecule has 1 atom stereocenters. The molecule has 0 spiro atoms. The monoisotopic (exact) mass is 315 g/mol. The van der Waals surface area contributed by atoms with Crippen LogP contribution in [0.1, 0.15) is 18.4 Å². The van der Waals surface area contributed by atoms with Gasteiger partial charge in [-0.05, 0) is 31.0 Å². The minimum absolute atomic E-state index is 0.0130. The highest BCUT2D eigenvalue weighted by molar-refractivity contribution is 5.76. The molecule has 1 heterocycles. The first-order valence-corrected chi connectivity index (χ1v) is 7.35. The average molecular weight is 315 g/mol. The summed E-state index contributed by atoms with van der Waals surface area (Å²) < 4.78 is 39.6. The van der Waals surface area contributed by atoms with Crippen molar-refractivity contribution in [2.45, 2.75) is 25.3 Å². The number of rotatable bonds is 4. The van der Waals surface area contributed by atoms with Crippen LogP contribution in [-0.4, -0.2) is 43.0 Å². The Morgan fingerprint density at radius 3 is 2.68 bits per heavy atom. The fourth-order valence-corrected chi connectivity index (χ4v) is 2.52. The van der Waals surface area contributed by atoms with E-state index in [-0.39, 0.29) is 24.3 Å². The molecule has 0 aromatic heterocycles. The molecule has 0 bridgehead atoms. The van der Waals surface area contributed by atoms with Crippen LogP contribution in [0.15, 0.2) is 12.1 Å². The lowest BCUT2D eigenvalue weighted by Gasteiger charge is -2.22. The summed E-state index contributed by atoms with van der Waals surface area (Å²) in [7, 11) is 0. The molecular weight excluding hydrogens is 295 g/mol. The topological polar surface area (TPSA) is 58.4 Å². The molecule has 1 aliphatic rings. The first kappa shape index (κ1) is 16.8. The van der Waals surface area contributed by atoms with Crippen molar-refractivity contribution in [2.24, 2.45) is 5.73 Å². The summed E-state index contributed by atoms with van der Waals surface area (Å²) in [4.78, 5) is 13.9. The van der Waals surface area contributed by atoms with E-state index in [1.54, 1.807) is 4.90 Å². The SMILES string of the molecule is N[C@@H](CC(=O)N1CCCNCC1)Cc1cc(F)c(F)cc1F. The van der Waals surface area contributed by atoms with E-state index < -0.39 is 23.5 Å². The van der Waals surface area contributed by atoms with Crippen LogP contribution in [-0.2, 0) is 11.2 Å². The van der Waals surface area contributed by atoms with Crippen molar-refractivity contribution in [3.05, 3.63) is 35.1 Å². The van der Waals surface area contributed by atoms with Crippen LogP contribution in [0, 0.1) is 17.5 Å². The van der Waals surface area contributed by atoms with Crippen molar-refractivity contribution in [1.29, 1.82) is 0 Å². The van der Waals surface area contributed by atoms with E-state index in [0.29, 0.717) is 19.2 Å². The zero-order valence-corrected chi connectivity index (χ0v) is 12.2. The van der Waals surface area contributed by atoms with E-state index in [1.807, 2.05) is 0 Å². The van der Waals surface area contributed by atoms with E-state index >= 15 is 0 Å². The molecule has 7 heteroatoms. The highest BCUT2D eigenvalue weighted by atomic mass is 19.2. The molecule has 2 rings (SSSR count). The van der Waals surface area contributed by atoms with Gasteiger partial charge in [-0.1, -0.05) is 0 Å². The van der Waals surface area contributed by atoms with Crippen molar-refractivity contribution in [2.75, 3.05) is 26.2 Å². The molecule has 0 radical (unpaired) electrons. The lowest BCUT2D eigenvalue weighted by Crippen LogP contribution is -2.38. The largest absolute Gasteiger partial charge is 0.341 e. The summed E-state index contributed by atoms with van der Waals surface area (Å²) in [5.74, 6) is -3.29. The van der Waals surface area contributed by atoms with Gasteiger partial charge in [0.25, 0.3) is 0 Å². The van der Waals surface area contributed by atoms with Gasteiger partial charge >= 0.3 is 0 Å². The lowest BCUT2D eigenvalue weighted by molar-refractivity contribution is -0.131. The number of carbonyl (C=O) groups excluding carboxylic acids is 1. The number of nitrogens with zero attached hydrogens (tertiary/aromatic N) is 1. The molecule has 122 valence electrons. The first-order chi connectivity index (χ1) is 10.5. The highest BCUT2D eigenvalue weighted by Gasteiger charge is 2.20. The van der Waals surface area contributed by atoms with Crippen LogP contribution in [0.25, 0.3) is 0 Å². The molecular formula is C15H20F3N3O. The molecule has 22 heavy (non-hydrogen) atoms. The second-order valence-electron chi connectivity index (χ2n) is 5.51. The Balaban J connectivity index is 1.93. The Bertz CT molecular complexity index is 531. The molecule has 0 unspecified atom stereocenters. The van der Waals surface area contributed by atoms with Crippen molar-refractivity contribution < 1.29 is 18.0 Å². The Morgan fingerprint density at radius 1 is 1.18 bits per heavy atom. The van der Waals surface area contributed by atoms with Crippen molar-refractivity contribution >= 4 is 5.91 Å². The predicted octanol–water partition coefficient (Wildman–Crippen LogP) is 1.19. The zero-order chi connectivity index (χ0) is 16.1. The standard InChI is InChI=1S/C15H20F3N3O/c16-12-9-14(18)13(17)7-10(12)6-11(19)8-15(22)21-4-1-2-20-3-5-21/h7,9,11,20H,1-6,8,19H2/t11-/m1/s1. The number of benzene rings is 1. The van der Waals surface area contributed by atoms with E-state index in [0.717, 1.165) is 25.6 Å². The summed E-state index contributed by atoms with van der Waals surface area (Å²) in [6.45, 7) is 2.89. The first-order valence-electron chi connectivity index (χ1n) is 7.35. The molecule has 1 aromatic carbocycles. The van der Waals surface area contributed by atoms with E-state index in [4.69, 9.17) is 5.73 Å². The Hall–Kier alpha value is -1.60. The van der Waals surface area contributed by atoms with Crippen LogP contribution in [0.4, 0.5) is 13.2 Å². The number of amides is 1. The number of nitrogens with one attached hydrogen (secondary N) is 1. The fourth-order valence-electron chi connectivity index (χ4n) is 2.52. The number of hydrogen-bond donors (Lipinski definition) is 2. The summed E-state index contributed by atoms with van der Waals surface area (Å²) >= 11 is 0. The summed E-state index contributed by atoms with van der Waals surface area (Å²) in [5.41, 5.74) is 5.85. The summed E-state index contributed by atoms with van der Waals surface area (Å²) in [6.07, 6.45) is 0.915. The van der Waals surface area contributed by atoms with Gasteiger partial charge < -0.3 is 16.0 Å². The Morgan fingerprint density at radius 2 is 1.91 bits per heavy atom. The highest BCUT2D eigenvalue weighted by Crippen LogP contribution is 2.16. The Labute approximate surface area is 127 Å².